The van der Waals surface area contributed by atoms with Crippen molar-refractivity contribution in [3.8, 4) is 5.88 Å². The first-order chi connectivity index (χ1) is 9.02. The summed E-state index contributed by atoms with van der Waals surface area (Å²) in [5, 5.41) is 7.76. The van der Waals surface area contributed by atoms with E-state index in [-0.39, 0.29) is 0 Å². The molecule has 0 unspecified atom stereocenters. The van der Waals surface area contributed by atoms with Crippen LogP contribution < -0.4 is 10.1 Å². The van der Waals surface area contributed by atoms with Gasteiger partial charge in [0.2, 0.25) is 5.88 Å². The maximum atomic E-state index is 5.38. The molecule has 0 spiro atoms. The van der Waals surface area contributed by atoms with E-state index in [9.17, 15) is 0 Å². The van der Waals surface area contributed by atoms with Gasteiger partial charge in [-0.2, -0.15) is 5.10 Å². The van der Waals surface area contributed by atoms with E-state index in [0.29, 0.717) is 6.54 Å². The Morgan fingerprint density at radius 1 is 1.37 bits per heavy atom. The summed E-state index contributed by atoms with van der Waals surface area (Å²) in [6.45, 7) is 4.76. The third kappa shape index (κ3) is 2.92. The molecule has 0 aliphatic rings. The van der Waals surface area contributed by atoms with Crippen molar-refractivity contribution < 1.29 is 4.74 Å². The van der Waals surface area contributed by atoms with Gasteiger partial charge in [0.1, 0.15) is 0 Å². The minimum Gasteiger partial charge on any atom is -0.481 e. The zero-order valence-corrected chi connectivity index (χ0v) is 13.2. The number of aromatic nitrogens is 2. The first-order valence-electron chi connectivity index (χ1n) is 6.09. The molecule has 1 aromatic carbocycles. The Kier molecular flexibility index (Phi) is 4.14. The van der Waals surface area contributed by atoms with E-state index >= 15 is 0 Å². The first-order valence-corrected chi connectivity index (χ1v) is 6.88. The topological polar surface area (TPSA) is 39.1 Å². The fourth-order valence-corrected chi connectivity index (χ4v) is 2.41. The van der Waals surface area contributed by atoms with Gasteiger partial charge in [0.15, 0.2) is 0 Å². The molecule has 0 aliphatic carbocycles. The summed E-state index contributed by atoms with van der Waals surface area (Å²) in [5.41, 5.74) is 4.36. The molecule has 1 aromatic heterocycles. The lowest BCUT2D eigenvalue weighted by Crippen LogP contribution is -2.03. The summed E-state index contributed by atoms with van der Waals surface area (Å²) in [6.07, 6.45) is 0. The van der Waals surface area contributed by atoms with Crippen LogP contribution in [-0.2, 0) is 13.6 Å². The SMILES string of the molecule is COc1c(CNc2ccc(C)c(Br)c2)c(C)nn1C. The van der Waals surface area contributed by atoms with Gasteiger partial charge in [-0.1, -0.05) is 22.0 Å². The molecule has 0 atom stereocenters. The summed E-state index contributed by atoms with van der Waals surface area (Å²) in [5.74, 6) is 0.802. The average Bonchev–Trinajstić information content (AvgIpc) is 2.64. The maximum Gasteiger partial charge on any atom is 0.216 e. The Balaban J connectivity index is 2.16. The minimum atomic E-state index is 0.693. The molecule has 0 saturated carbocycles. The van der Waals surface area contributed by atoms with Crippen molar-refractivity contribution in [3.63, 3.8) is 0 Å². The van der Waals surface area contributed by atoms with Gasteiger partial charge in [-0.15, -0.1) is 0 Å². The highest BCUT2D eigenvalue weighted by atomic mass is 79.9. The van der Waals surface area contributed by atoms with Gasteiger partial charge in [0, 0.05) is 23.8 Å². The lowest BCUT2D eigenvalue weighted by molar-refractivity contribution is 0.370. The lowest BCUT2D eigenvalue weighted by atomic mass is 10.2. The summed E-state index contributed by atoms with van der Waals surface area (Å²) in [7, 11) is 3.56. The van der Waals surface area contributed by atoms with Crippen LogP contribution in [0.5, 0.6) is 5.88 Å². The molecule has 5 heteroatoms. The highest BCUT2D eigenvalue weighted by Crippen LogP contribution is 2.24. The smallest absolute Gasteiger partial charge is 0.216 e. The van der Waals surface area contributed by atoms with Gasteiger partial charge in [0.25, 0.3) is 0 Å². The Morgan fingerprint density at radius 3 is 2.74 bits per heavy atom. The second-order valence-corrected chi connectivity index (χ2v) is 5.37. The third-order valence-electron chi connectivity index (χ3n) is 3.12. The quantitative estimate of drug-likeness (QED) is 0.937. The molecule has 4 nitrogen and oxygen atoms in total. The highest BCUT2D eigenvalue weighted by molar-refractivity contribution is 9.10. The number of aryl methyl sites for hydroxylation is 3. The number of rotatable bonds is 4. The zero-order chi connectivity index (χ0) is 14.0. The largest absolute Gasteiger partial charge is 0.481 e. The molecule has 0 amide bonds. The Morgan fingerprint density at radius 2 is 2.11 bits per heavy atom. The molecule has 1 N–H and O–H groups in total. The molecule has 2 aromatic rings. The van der Waals surface area contributed by atoms with E-state index in [1.165, 1.54) is 5.56 Å². The van der Waals surface area contributed by atoms with Crippen molar-refractivity contribution in [2.45, 2.75) is 20.4 Å². The van der Waals surface area contributed by atoms with E-state index < -0.39 is 0 Å². The number of benzene rings is 1. The van der Waals surface area contributed by atoms with Crippen molar-refractivity contribution in [3.05, 3.63) is 39.5 Å². The van der Waals surface area contributed by atoms with Crippen LogP contribution in [0.15, 0.2) is 22.7 Å². The molecule has 0 radical (unpaired) electrons. The molecule has 19 heavy (non-hydrogen) atoms. The van der Waals surface area contributed by atoms with Gasteiger partial charge in [-0.3, -0.25) is 0 Å². The number of ether oxygens (including phenoxy) is 1. The van der Waals surface area contributed by atoms with E-state index in [4.69, 9.17) is 4.74 Å². The van der Waals surface area contributed by atoms with Crippen LogP contribution in [0, 0.1) is 13.8 Å². The molecular formula is C14H18BrN3O. The maximum absolute atomic E-state index is 5.38. The number of methoxy groups -OCH3 is 1. The Labute approximate surface area is 121 Å². The lowest BCUT2D eigenvalue weighted by Gasteiger charge is -2.09. The number of nitrogens with zero attached hydrogens (tertiary/aromatic N) is 2. The molecule has 0 fully saturated rings. The van der Waals surface area contributed by atoms with Crippen molar-refractivity contribution in [2.75, 3.05) is 12.4 Å². The zero-order valence-electron chi connectivity index (χ0n) is 11.6. The predicted octanol–water partition coefficient (Wildman–Crippen LogP) is 3.42. The third-order valence-corrected chi connectivity index (χ3v) is 3.98. The minimum absolute atomic E-state index is 0.693. The molecule has 0 saturated heterocycles. The monoisotopic (exact) mass is 323 g/mol. The molecule has 1 heterocycles. The van der Waals surface area contributed by atoms with Crippen LogP contribution in [-0.4, -0.2) is 16.9 Å². The van der Waals surface area contributed by atoms with E-state index in [2.05, 4.69) is 51.5 Å². The van der Waals surface area contributed by atoms with Crippen molar-refractivity contribution in [1.29, 1.82) is 0 Å². The van der Waals surface area contributed by atoms with Gasteiger partial charge in [0.05, 0.1) is 18.4 Å². The van der Waals surface area contributed by atoms with E-state index in [1.54, 1.807) is 11.8 Å². The van der Waals surface area contributed by atoms with Gasteiger partial charge >= 0.3 is 0 Å². The van der Waals surface area contributed by atoms with Gasteiger partial charge in [-0.05, 0) is 31.5 Å². The fraction of sp³-hybridized carbons (Fsp3) is 0.357. The number of nitrogens with one attached hydrogen (secondary N) is 1. The van der Waals surface area contributed by atoms with Crippen LogP contribution >= 0.6 is 15.9 Å². The summed E-state index contributed by atoms with van der Waals surface area (Å²) in [6, 6.07) is 6.23. The molecule has 2 rings (SSSR count). The summed E-state index contributed by atoms with van der Waals surface area (Å²) < 4.78 is 8.24. The van der Waals surface area contributed by atoms with Crippen LogP contribution in [0.1, 0.15) is 16.8 Å². The van der Waals surface area contributed by atoms with Crippen LogP contribution in [0.2, 0.25) is 0 Å². The van der Waals surface area contributed by atoms with Crippen molar-refractivity contribution in [2.24, 2.45) is 7.05 Å². The molecular weight excluding hydrogens is 306 g/mol. The number of hydrogen-bond donors (Lipinski definition) is 1. The average molecular weight is 324 g/mol. The highest BCUT2D eigenvalue weighted by Gasteiger charge is 2.13. The summed E-state index contributed by atoms with van der Waals surface area (Å²) in [4.78, 5) is 0. The van der Waals surface area contributed by atoms with Gasteiger partial charge in [-0.25, -0.2) is 4.68 Å². The molecule has 0 bridgehead atoms. The van der Waals surface area contributed by atoms with E-state index in [0.717, 1.165) is 27.3 Å². The fourth-order valence-electron chi connectivity index (χ4n) is 2.03. The summed E-state index contributed by atoms with van der Waals surface area (Å²) >= 11 is 3.54. The first kappa shape index (κ1) is 13.9. The van der Waals surface area contributed by atoms with Crippen LogP contribution in [0.25, 0.3) is 0 Å². The van der Waals surface area contributed by atoms with Crippen molar-refractivity contribution >= 4 is 21.6 Å². The standard InChI is InChI=1S/C14H18BrN3O/c1-9-5-6-11(7-13(9)15)16-8-12-10(2)17-18(3)14(12)19-4/h5-7,16H,8H2,1-4H3. The van der Waals surface area contributed by atoms with Crippen LogP contribution in [0.4, 0.5) is 5.69 Å². The second-order valence-electron chi connectivity index (χ2n) is 4.51. The number of anilines is 1. The second kappa shape index (κ2) is 5.65. The normalized spacial score (nSPS) is 10.6. The Bertz CT molecular complexity index is 593. The van der Waals surface area contributed by atoms with E-state index in [1.807, 2.05) is 14.0 Å². The molecule has 0 aliphatic heterocycles. The van der Waals surface area contributed by atoms with Crippen molar-refractivity contribution in [1.82, 2.24) is 9.78 Å². The molecule has 102 valence electrons. The Hall–Kier alpha value is -1.49. The predicted molar refractivity (Wildman–Crippen MR) is 80.7 cm³/mol. The number of hydrogen-bond acceptors (Lipinski definition) is 3. The van der Waals surface area contributed by atoms with Gasteiger partial charge < -0.3 is 10.1 Å². The van der Waals surface area contributed by atoms with Crippen LogP contribution in [0.3, 0.4) is 0 Å². The number of halogens is 1.